The van der Waals surface area contributed by atoms with Crippen molar-refractivity contribution in [3.8, 4) is 11.3 Å². The topological polar surface area (TPSA) is 83.4 Å². The molecule has 0 saturated carbocycles. The maximum Gasteiger partial charge on any atom is 0.266 e. The average molecular weight is 484 g/mol. The Labute approximate surface area is 206 Å². The van der Waals surface area contributed by atoms with Crippen LogP contribution in [0.4, 0.5) is 5.13 Å². The van der Waals surface area contributed by atoms with Crippen molar-refractivity contribution < 1.29 is 4.79 Å². The zero-order valence-corrected chi connectivity index (χ0v) is 20.4. The Kier molecular flexibility index (Phi) is 6.29. The first-order chi connectivity index (χ1) is 17.0. The third-order valence-electron chi connectivity index (χ3n) is 6.09. The molecule has 8 heteroatoms. The van der Waals surface area contributed by atoms with E-state index in [0.717, 1.165) is 33.8 Å². The molecule has 176 valence electrons. The molecule has 3 aromatic heterocycles. The van der Waals surface area contributed by atoms with Crippen molar-refractivity contribution in [3.05, 3.63) is 105 Å². The molecule has 7 nitrogen and oxygen atoms in total. The van der Waals surface area contributed by atoms with Gasteiger partial charge in [0.1, 0.15) is 0 Å². The highest BCUT2D eigenvalue weighted by molar-refractivity contribution is 7.14. The van der Waals surface area contributed by atoms with Crippen molar-refractivity contribution >= 4 is 28.0 Å². The van der Waals surface area contributed by atoms with Gasteiger partial charge in [-0.3, -0.25) is 19.6 Å². The van der Waals surface area contributed by atoms with Crippen molar-refractivity contribution in [2.75, 3.05) is 11.4 Å². The molecular weight excluding hydrogens is 458 g/mol. The molecule has 0 bridgehead atoms. The molecule has 0 fully saturated rings. The predicted octanol–water partition coefficient (Wildman–Crippen LogP) is 4.58. The second-order valence-corrected chi connectivity index (χ2v) is 9.25. The molecule has 35 heavy (non-hydrogen) atoms. The van der Waals surface area contributed by atoms with Crippen LogP contribution in [0.15, 0.2) is 76.9 Å². The van der Waals surface area contributed by atoms with E-state index in [1.54, 1.807) is 9.42 Å². The summed E-state index contributed by atoms with van der Waals surface area (Å²) >= 11 is 1.47. The molecule has 0 atom stereocenters. The molecule has 0 radical (unpaired) electrons. The van der Waals surface area contributed by atoms with Crippen LogP contribution in [0.2, 0.25) is 0 Å². The Balaban J connectivity index is 1.47. The van der Waals surface area contributed by atoms with Crippen molar-refractivity contribution in [2.24, 2.45) is 0 Å². The quantitative estimate of drug-likeness (QED) is 0.367. The van der Waals surface area contributed by atoms with Gasteiger partial charge in [0.2, 0.25) is 5.91 Å². The largest absolute Gasteiger partial charge is 0.287 e. The minimum Gasteiger partial charge on any atom is -0.287 e. The minimum atomic E-state index is -0.218. The zero-order chi connectivity index (χ0) is 24.4. The highest BCUT2D eigenvalue weighted by atomic mass is 32.1. The zero-order valence-electron chi connectivity index (χ0n) is 19.6. The fourth-order valence-corrected chi connectivity index (χ4v) is 5.08. The van der Waals surface area contributed by atoms with Crippen LogP contribution >= 0.6 is 11.3 Å². The van der Waals surface area contributed by atoms with E-state index < -0.39 is 0 Å². The van der Waals surface area contributed by atoms with Gasteiger partial charge in [-0.25, -0.2) is 14.5 Å². The molecule has 5 rings (SSSR count). The number of benzene rings is 2. The normalized spacial score (nSPS) is 11.1. The summed E-state index contributed by atoms with van der Waals surface area (Å²) in [6.45, 7) is 4.28. The van der Waals surface area contributed by atoms with Gasteiger partial charge in [-0.2, -0.15) is 0 Å². The number of aromatic amines is 1. The van der Waals surface area contributed by atoms with Gasteiger partial charge in [-0.1, -0.05) is 60.7 Å². The molecule has 0 aliphatic carbocycles. The molecule has 0 aliphatic rings. The number of rotatable bonds is 7. The number of fused-ring (bicyclic) bond motifs is 1. The van der Waals surface area contributed by atoms with Gasteiger partial charge in [-0.15, -0.1) is 11.3 Å². The molecule has 0 unspecified atom stereocenters. The summed E-state index contributed by atoms with van der Waals surface area (Å²) in [7, 11) is 0. The Morgan fingerprint density at radius 1 is 1.03 bits per heavy atom. The molecule has 5 aromatic rings. The lowest BCUT2D eigenvalue weighted by Gasteiger charge is -2.21. The second-order valence-electron chi connectivity index (χ2n) is 8.41. The lowest BCUT2D eigenvalue weighted by molar-refractivity contribution is -0.118. The van der Waals surface area contributed by atoms with E-state index in [0.29, 0.717) is 23.7 Å². The lowest BCUT2D eigenvalue weighted by Crippen LogP contribution is -2.34. The monoisotopic (exact) mass is 483 g/mol. The summed E-state index contributed by atoms with van der Waals surface area (Å²) in [5.41, 5.74) is 5.70. The number of nitrogens with zero attached hydrogens (tertiary/aromatic N) is 4. The standard InChI is InChI=1S/C27H25N5O2S/c1-18-22(19(2)32-24(28-18)16-25(33)30-32)15-26(34)31(14-13-20-9-5-3-6-10-20)27-29-23(17-35-27)21-11-7-4-8-12-21/h3-12,16-17H,13-15H2,1-2H3,(H,30,33). The van der Waals surface area contributed by atoms with Crippen molar-refractivity contribution in [1.82, 2.24) is 19.6 Å². The molecule has 0 spiro atoms. The number of hydrogen-bond donors (Lipinski definition) is 1. The number of nitrogens with one attached hydrogen (secondary N) is 1. The van der Waals surface area contributed by atoms with Gasteiger partial charge in [0.15, 0.2) is 10.8 Å². The van der Waals surface area contributed by atoms with Crippen molar-refractivity contribution in [3.63, 3.8) is 0 Å². The highest BCUT2D eigenvalue weighted by Crippen LogP contribution is 2.28. The average Bonchev–Trinajstić information content (AvgIpc) is 3.50. The molecule has 2 aromatic carbocycles. The molecule has 0 saturated heterocycles. The van der Waals surface area contributed by atoms with E-state index in [2.05, 4.69) is 22.2 Å². The first-order valence-corrected chi connectivity index (χ1v) is 12.3. The van der Waals surface area contributed by atoms with Crippen LogP contribution in [0.25, 0.3) is 16.9 Å². The molecule has 3 heterocycles. The van der Waals surface area contributed by atoms with Crippen LogP contribution in [-0.2, 0) is 17.6 Å². The first kappa shape index (κ1) is 22.7. The van der Waals surface area contributed by atoms with Crippen LogP contribution in [0, 0.1) is 13.8 Å². The highest BCUT2D eigenvalue weighted by Gasteiger charge is 2.23. The van der Waals surface area contributed by atoms with Crippen LogP contribution in [-0.4, -0.2) is 32.0 Å². The maximum atomic E-state index is 13.7. The van der Waals surface area contributed by atoms with Gasteiger partial charge in [0.05, 0.1) is 12.1 Å². The van der Waals surface area contributed by atoms with Crippen LogP contribution in [0.1, 0.15) is 22.5 Å². The smallest absolute Gasteiger partial charge is 0.266 e. The van der Waals surface area contributed by atoms with Crippen LogP contribution < -0.4 is 10.5 Å². The Hall–Kier alpha value is -4.04. The van der Waals surface area contributed by atoms with E-state index in [1.807, 2.05) is 67.8 Å². The number of carbonyl (C=O) groups is 1. The predicted molar refractivity (Wildman–Crippen MR) is 139 cm³/mol. The van der Waals surface area contributed by atoms with E-state index in [4.69, 9.17) is 4.98 Å². The fourth-order valence-electron chi connectivity index (χ4n) is 4.20. The molecule has 0 aliphatic heterocycles. The number of aryl methyl sites for hydroxylation is 2. The Morgan fingerprint density at radius 3 is 2.49 bits per heavy atom. The SMILES string of the molecule is Cc1nc2cc(=O)[nH]n2c(C)c1CC(=O)N(CCc1ccccc1)c1nc(-c2ccccc2)cs1. The number of amides is 1. The summed E-state index contributed by atoms with van der Waals surface area (Å²) in [6.07, 6.45) is 0.878. The number of hydrogen-bond acceptors (Lipinski definition) is 5. The van der Waals surface area contributed by atoms with Crippen molar-refractivity contribution in [2.45, 2.75) is 26.7 Å². The van der Waals surface area contributed by atoms with E-state index >= 15 is 0 Å². The first-order valence-electron chi connectivity index (χ1n) is 11.4. The molecular formula is C27H25N5O2S. The van der Waals surface area contributed by atoms with Crippen LogP contribution in [0.3, 0.4) is 0 Å². The fraction of sp³-hybridized carbons (Fsp3) is 0.185. The van der Waals surface area contributed by atoms with E-state index in [-0.39, 0.29) is 17.9 Å². The van der Waals surface area contributed by atoms with E-state index in [1.165, 1.54) is 17.4 Å². The second kappa shape index (κ2) is 9.68. The Bertz CT molecular complexity index is 1540. The van der Waals surface area contributed by atoms with Gasteiger partial charge in [0.25, 0.3) is 5.56 Å². The van der Waals surface area contributed by atoms with Gasteiger partial charge in [-0.05, 0) is 25.8 Å². The summed E-state index contributed by atoms with van der Waals surface area (Å²) in [5, 5.41) is 5.42. The summed E-state index contributed by atoms with van der Waals surface area (Å²) in [4.78, 5) is 36.6. The van der Waals surface area contributed by atoms with Crippen molar-refractivity contribution in [1.29, 1.82) is 0 Å². The maximum absolute atomic E-state index is 13.7. The lowest BCUT2D eigenvalue weighted by atomic mass is 10.1. The number of thiazole rings is 1. The van der Waals surface area contributed by atoms with E-state index in [9.17, 15) is 9.59 Å². The number of anilines is 1. The summed E-state index contributed by atoms with van der Waals surface area (Å²) < 4.78 is 1.64. The summed E-state index contributed by atoms with van der Waals surface area (Å²) in [6, 6.07) is 21.5. The summed E-state index contributed by atoms with van der Waals surface area (Å²) in [5.74, 6) is -0.0586. The third kappa shape index (κ3) is 4.79. The molecule has 1 amide bonds. The third-order valence-corrected chi connectivity index (χ3v) is 6.95. The number of H-pyrrole nitrogens is 1. The van der Waals surface area contributed by atoms with Gasteiger partial charge in [0, 0.05) is 40.5 Å². The van der Waals surface area contributed by atoms with Gasteiger partial charge >= 0.3 is 0 Å². The number of carbonyl (C=O) groups excluding carboxylic acids is 1. The molecule has 1 N–H and O–H groups in total. The van der Waals surface area contributed by atoms with Crippen LogP contribution in [0.5, 0.6) is 0 Å². The minimum absolute atomic E-state index is 0.0586. The van der Waals surface area contributed by atoms with Gasteiger partial charge < -0.3 is 0 Å². The Morgan fingerprint density at radius 2 is 1.74 bits per heavy atom. The number of aromatic nitrogens is 4.